The zero-order chi connectivity index (χ0) is 12.3. The lowest BCUT2D eigenvalue weighted by molar-refractivity contribution is 0.270. The average Bonchev–Trinajstić information content (AvgIpc) is 2.96. The minimum absolute atomic E-state index is 0.0933. The Morgan fingerprint density at radius 1 is 1.65 bits per heavy atom. The van der Waals surface area contributed by atoms with Crippen molar-refractivity contribution >= 4 is 16.5 Å². The molecule has 1 unspecified atom stereocenters. The molecule has 4 nitrogen and oxygen atoms in total. The molecule has 96 valence electrons. The Balaban J connectivity index is 1.94. The van der Waals surface area contributed by atoms with Crippen molar-refractivity contribution in [2.24, 2.45) is 0 Å². The van der Waals surface area contributed by atoms with Crippen LogP contribution in [-0.2, 0) is 6.61 Å². The van der Waals surface area contributed by atoms with Gasteiger partial charge in [0.25, 0.3) is 0 Å². The van der Waals surface area contributed by atoms with Crippen LogP contribution in [0, 0.1) is 0 Å². The van der Waals surface area contributed by atoms with Crippen LogP contribution in [0.5, 0.6) is 0 Å². The molecule has 0 aromatic carbocycles. The molecule has 1 aliphatic rings. The van der Waals surface area contributed by atoms with Crippen LogP contribution in [0.3, 0.4) is 0 Å². The molecule has 2 heterocycles. The molecule has 1 aromatic heterocycles. The van der Waals surface area contributed by atoms with Crippen molar-refractivity contribution in [3.8, 4) is 0 Å². The molecule has 0 spiro atoms. The van der Waals surface area contributed by atoms with E-state index in [2.05, 4.69) is 28.8 Å². The molecule has 1 saturated heterocycles. The molecule has 2 rings (SSSR count). The second-order valence-corrected chi connectivity index (χ2v) is 5.67. The van der Waals surface area contributed by atoms with E-state index >= 15 is 0 Å². The standard InChI is InChI=1S/C12H21N3OS/c1-3-15-6-4-5-10(15)8-14(2)12-13-7-11(9-16)17-12/h7,10,16H,3-6,8-9H2,1-2H3. The number of thiazole rings is 1. The van der Waals surface area contributed by atoms with Crippen LogP contribution in [0.1, 0.15) is 24.6 Å². The third-order valence-corrected chi connectivity index (χ3v) is 4.51. The highest BCUT2D eigenvalue weighted by atomic mass is 32.1. The van der Waals surface area contributed by atoms with Crippen molar-refractivity contribution in [2.75, 3.05) is 31.6 Å². The van der Waals surface area contributed by atoms with Crippen molar-refractivity contribution in [3.63, 3.8) is 0 Å². The molecule has 1 aliphatic heterocycles. The molecule has 17 heavy (non-hydrogen) atoms. The van der Waals surface area contributed by atoms with Crippen LogP contribution < -0.4 is 4.90 Å². The van der Waals surface area contributed by atoms with Crippen molar-refractivity contribution < 1.29 is 5.11 Å². The first-order valence-electron chi connectivity index (χ1n) is 6.25. The molecule has 0 aliphatic carbocycles. The van der Waals surface area contributed by atoms with Crippen LogP contribution >= 0.6 is 11.3 Å². The zero-order valence-corrected chi connectivity index (χ0v) is 11.4. The van der Waals surface area contributed by atoms with Crippen LogP contribution in [0.15, 0.2) is 6.20 Å². The maximum absolute atomic E-state index is 9.04. The fourth-order valence-corrected chi connectivity index (χ4v) is 3.20. The van der Waals surface area contributed by atoms with Gasteiger partial charge in [0.1, 0.15) is 0 Å². The van der Waals surface area contributed by atoms with E-state index in [1.54, 1.807) is 17.5 Å². The van der Waals surface area contributed by atoms with E-state index in [0.717, 1.165) is 23.1 Å². The minimum Gasteiger partial charge on any atom is -0.391 e. The Morgan fingerprint density at radius 2 is 2.47 bits per heavy atom. The number of hydrogen-bond donors (Lipinski definition) is 1. The van der Waals surface area contributed by atoms with E-state index in [0.29, 0.717) is 6.04 Å². The molecule has 1 atom stereocenters. The number of aromatic nitrogens is 1. The molecule has 1 aromatic rings. The van der Waals surface area contributed by atoms with Gasteiger partial charge < -0.3 is 10.0 Å². The fraction of sp³-hybridized carbons (Fsp3) is 0.750. The normalized spacial score (nSPS) is 21.0. The minimum atomic E-state index is 0.0933. The quantitative estimate of drug-likeness (QED) is 0.866. The summed E-state index contributed by atoms with van der Waals surface area (Å²) in [7, 11) is 2.09. The molecular weight excluding hydrogens is 234 g/mol. The van der Waals surface area contributed by atoms with Crippen LogP contribution in [0.25, 0.3) is 0 Å². The highest BCUT2D eigenvalue weighted by molar-refractivity contribution is 7.15. The topological polar surface area (TPSA) is 39.6 Å². The lowest BCUT2D eigenvalue weighted by Gasteiger charge is -2.27. The number of anilines is 1. The number of likely N-dealkylation sites (N-methyl/N-ethyl adjacent to an activating group) is 2. The molecule has 5 heteroatoms. The van der Waals surface area contributed by atoms with Gasteiger partial charge in [0.05, 0.1) is 11.5 Å². The van der Waals surface area contributed by atoms with Crippen molar-refractivity contribution in [1.82, 2.24) is 9.88 Å². The number of rotatable bonds is 5. The van der Waals surface area contributed by atoms with E-state index in [-0.39, 0.29) is 6.61 Å². The van der Waals surface area contributed by atoms with Gasteiger partial charge in [-0.3, -0.25) is 4.90 Å². The molecule has 0 amide bonds. The number of likely N-dealkylation sites (tertiary alicyclic amines) is 1. The number of aliphatic hydroxyl groups is 1. The van der Waals surface area contributed by atoms with E-state index in [4.69, 9.17) is 5.11 Å². The predicted octanol–water partition coefficient (Wildman–Crippen LogP) is 1.56. The Kier molecular flexibility index (Phi) is 4.36. The van der Waals surface area contributed by atoms with Crippen molar-refractivity contribution in [1.29, 1.82) is 0 Å². The zero-order valence-electron chi connectivity index (χ0n) is 10.6. The van der Waals surface area contributed by atoms with E-state index in [1.807, 2.05) is 0 Å². The Bertz CT molecular complexity index is 355. The summed E-state index contributed by atoms with van der Waals surface area (Å²) in [4.78, 5) is 10.0. The summed E-state index contributed by atoms with van der Waals surface area (Å²) in [5.41, 5.74) is 0. The maximum Gasteiger partial charge on any atom is 0.185 e. The van der Waals surface area contributed by atoms with Gasteiger partial charge in [-0.05, 0) is 25.9 Å². The second kappa shape index (κ2) is 5.80. The third kappa shape index (κ3) is 2.97. The van der Waals surface area contributed by atoms with Gasteiger partial charge in [-0.1, -0.05) is 18.3 Å². The lowest BCUT2D eigenvalue weighted by Crippen LogP contribution is -2.38. The molecule has 1 fully saturated rings. The number of hydrogen-bond acceptors (Lipinski definition) is 5. The van der Waals surface area contributed by atoms with Crippen LogP contribution in [0.4, 0.5) is 5.13 Å². The predicted molar refractivity (Wildman–Crippen MR) is 71.6 cm³/mol. The number of nitrogens with zero attached hydrogens (tertiary/aromatic N) is 3. The first kappa shape index (κ1) is 12.8. The smallest absolute Gasteiger partial charge is 0.185 e. The van der Waals surface area contributed by atoms with Gasteiger partial charge in [-0.25, -0.2) is 4.98 Å². The summed E-state index contributed by atoms with van der Waals surface area (Å²) < 4.78 is 0. The fourth-order valence-electron chi connectivity index (χ4n) is 2.46. The second-order valence-electron chi connectivity index (χ2n) is 4.57. The number of aliphatic hydroxyl groups excluding tert-OH is 1. The Morgan fingerprint density at radius 3 is 3.12 bits per heavy atom. The summed E-state index contributed by atoms with van der Waals surface area (Å²) in [6.07, 6.45) is 4.37. The molecular formula is C12H21N3OS. The van der Waals surface area contributed by atoms with Crippen LogP contribution in [0.2, 0.25) is 0 Å². The average molecular weight is 255 g/mol. The highest BCUT2D eigenvalue weighted by Gasteiger charge is 2.24. The van der Waals surface area contributed by atoms with Crippen molar-refractivity contribution in [2.45, 2.75) is 32.4 Å². The summed E-state index contributed by atoms with van der Waals surface area (Å²) in [5.74, 6) is 0. The summed E-state index contributed by atoms with van der Waals surface area (Å²) in [6.45, 7) is 5.72. The monoisotopic (exact) mass is 255 g/mol. The molecule has 1 N–H and O–H groups in total. The van der Waals surface area contributed by atoms with Crippen molar-refractivity contribution in [3.05, 3.63) is 11.1 Å². The maximum atomic E-state index is 9.04. The Labute approximate surface area is 107 Å². The molecule has 0 bridgehead atoms. The third-order valence-electron chi connectivity index (χ3n) is 3.41. The largest absolute Gasteiger partial charge is 0.391 e. The van der Waals surface area contributed by atoms with Gasteiger partial charge in [0.2, 0.25) is 0 Å². The van der Waals surface area contributed by atoms with Crippen LogP contribution in [-0.4, -0.2) is 47.7 Å². The van der Waals surface area contributed by atoms with Gasteiger partial charge in [-0.15, -0.1) is 0 Å². The highest BCUT2D eigenvalue weighted by Crippen LogP contribution is 2.24. The first-order chi connectivity index (χ1) is 8.24. The summed E-state index contributed by atoms with van der Waals surface area (Å²) in [5, 5.41) is 10.1. The van der Waals surface area contributed by atoms with Gasteiger partial charge in [-0.2, -0.15) is 0 Å². The van der Waals surface area contributed by atoms with Gasteiger partial charge >= 0.3 is 0 Å². The summed E-state index contributed by atoms with van der Waals surface area (Å²) in [6, 6.07) is 0.659. The molecule has 0 saturated carbocycles. The SMILES string of the molecule is CCN1CCCC1CN(C)c1ncc(CO)s1. The van der Waals surface area contributed by atoms with Gasteiger partial charge in [0.15, 0.2) is 5.13 Å². The Hall–Kier alpha value is -0.650. The van der Waals surface area contributed by atoms with E-state index < -0.39 is 0 Å². The van der Waals surface area contributed by atoms with E-state index in [9.17, 15) is 0 Å². The van der Waals surface area contributed by atoms with E-state index in [1.165, 1.54) is 19.4 Å². The first-order valence-corrected chi connectivity index (χ1v) is 7.07. The lowest BCUT2D eigenvalue weighted by atomic mass is 10.2. The van der Waals surface area contributed by atoms with Gasteiger partial charge in [0, 0.05) is 25.8 Å². The molecule has 0 radical (unpaired) electrons. The summed E-state index contributed by atoms with van der Waals surface area (Å²) >= 11 is 1.58.